The van der Waals surface area contributed by atoms with E-state index in [0.717, 1.165) is 5.46 Å². The zero-order valence-electron chi connectivity index (χ0n) is 12.5. The van der Waals surface area contributed by atoms with E-state index in [1.54, 1.807) is 24.3 Å². The molecule has 2 aromatic rings. The molecule has 3 nitrogen and oxygen atoms in total. The average molecular weight is 320 g/mol. The largest absolute Gasteiger partial charge is 0.496 e. The van der Waals surface area contributed by atoms with Crippen molar-refractivity contribution in [2.45, 2.75) is 6.42 Å². The highest BCUT2D eigenvalue weighted by Gasteiger charge is 2.12. The van der Waals surface area contributed by atoms with E-state index in [1.807, 2.05) is 13.9 Å². The first-order valence-electron chi connectivity index (χ1n) is 6.88. The monoisotopic (exact) mass is 319 g/mol. The molecule has 0 heterocycles. The summed E-state index contributed by atoms with van der Waals surface area (Å²) in [5.74, 6) is -0.107. The smallest absolute Gasteiger partial charge is 0.255 e. The first kappa shape index (κ1) is 16.4. The van der Waals surface area contributed by atoms with Crippen molar-refractivity contribution in [3.8, 4) is 5.75 Å². The predicted molar refractivity (Wildman–Crippen MR) is 88.6 cm³/mol. The van der Waals surface area contributed by atoms with Gasteiger partial charge in [-0.2, -0.15) is 0 Å². The van der Waals surface area contributed by atoms with Crippen LogP contribution in [0.4, 0.5) is 4.39 Å². The van der Waals surface area contributed by atoms with Gasteiger partial charge in [-0.1, -0.05) is 29.2 Å². The van der Waals surface area contributed by atoms with E-state index in [-0.39, 0.29) is 11.7 Å². The molecule has 114 valence electrons. The van der Waals surface area contributed by atoms with Crippen molar-refractivity contribution in [3.63, 3.8) is 0 Å². The number of carbonyl (C=O) groups excluding carboxylic acids is 1. The number of nitrogens with one attached hydrogen (secondary N) is 1. The third-order valence-corrected chi connectivity index (χ3v) is 3.53. The Labute approximate surface area is 134 Å². The topological polar surface area (TPSA) is 38.3 Å². The molecular formula is C16H16BClFNO2. The Balaban J connectivity index is 2.00. The van der Waals surface area contributed by atoms with Crippen molar-refractivity contribution in [3.05, 3.63) is 58.4 Å². The molecule has 2 rings (SSSR count). The first-order valence-corrected chi connectivity index (χ1v) is 7.26. The summed E-state index contributed by atoms with van der Waals surface area (Å²) in [6.45, 7) is 0.328. The Morgan fingerprint density at radius 2 is 2.09 bits per heavy atom. The highest BCUT2D eigenvalue weighted by atomic mass is 35.5. The molecule has 0 aliphatic rings. The molecule has 0 radical (unpaired) electrons. The molecule has 0 fully saturated rings. The Hall–Kier alpha value is -2.01. The van der Waals surface area contributed by atoms with Crippen molar-refractivity contribution in [1.29, 1.82) is 0 Å². The number of amides is 1. The molecule has 0 atom stereocenters. The van der Waals surface area contributed by atoms with Gasteiger partial charge in [0.2, 0.25) is 0 Å². The van der Waals surface area contributed by atoms with Gasteiger partial charge in [0.1, 0.15) is 19.4 Å². The van der Waals surface area contributed by atoms with E-state index in [9.17, 15) is 9.18 Å². The van der Waals surface area contributed by atoms with Gasteiger partial charge in [0.25, 0.3) is 5.91 Å². The van der Waals surface area contributed by atoms with Crippen LogP contribution in [-0.2, 0) is 6.42 Å². The van der Waals surface area contributed by atoms with E-state index in [1.165, 1.54) is 13.2 Å². The third kappa shape index (κ3) is 4.01. The zero-order chi connectivity index (χ0) is 16.1. The van der Waals surface area contributed by atoms with E-state index < -0.39 is 0 Å². The van der Waals surface area contributed by atoms with Gasteiger partial charge in [-0.15, -0.1) is 0 Å². The Morgan fingerprint density at radius 3 is 2.77 bits per heavy atom. The quantitative estimate of drug-likeness (QED) is 0.852. The molecule has 0 bridgehead atoms. The van der Waals surface area contributed by atoms with Crippen molar-refractivity contribution in [2.24, 2.45) is 0 Å². The normalized spacial score (nSPS) is 10.3. The van der Waals surface area contributed by atoms with E-state index >= 15 is 0 Å². The fourth-order valence-electron chi connectivity index (χ4n) is 2.12. The lowest BCUT2D eigenvalue weighted by Gasteiger charge is -2.10. The minimum Gasteiger partial charge on any atom is -0.496 e. The van der Waals surface area contributed by atoms with Crippen LogP contribution in [0.1, 0.15) is 15.9 Å². The van der Waals surface area contributed by atoms with E-state index in [0.29, 0.717) is 34.9 Å². The van der Waals surface area contributed by atoms with Crippen LogP contribution in [0.5, 0.6) is 5.75 Å². The van der Waals surface area contributed by atoms with E-state index in [4.69, 9.17) is 16.3 Å². The van der Waals surface area contributed by atoms with Gasteiger partial charge < -0.3 is 10.1 Å². The highest BCUT2D eigenvalue weighted by Crippen LogP contribution is 2.22. The molecule has 0 aliphatic heterocycles. The van der Waals surface area contributed by atoms with Gasteiger partial charge in [-0.05, 0) is 36.2 Å². The number of methoxy groups -OCH3 is 1. The van der Waals surface area contributed by atoms with Gasteiger partial charge >= 0.3 is 0 Å². The van der Waals surface area contributed by atoms with Crippen molar-refractivity contribution < 1.29 is 13.9 Å². The number of carbonyl (C=O) groups is 1. The van der Waals surface area contributed by atoms with Gasteiger partial charge in [0, 0.05) is 11.6 Å². The SMILES string of the molecule is Bc1ccc(CCNC(=O)c2cc(Cl)ccc2OC)c(F)c1. The Kier molecular flexibility index (Phi) is 5.44. The molecule has 1 N–H and O–H groups in total. The molecule has 0 spiro atoms. The van der Waals surface area contributed by atoms with Crippen molar-refractivity contribution >= 4 is 30.8 Å². The van der Waals surface area contributed by atoms with Crippen LogP contribution in [0.2, 0.25) is 5.02 Å². The van der Waals surface area contributed by atoms with Gasteiger partial charge in [0.05, 0.1) is 12.7 Å². The molecule has 22 heavy (non-hydrogen) atoms. The van der Waals surface area contributed by atoms with Crippen LogP contribution in [0.15, 0.2) is 36.4 Å². The number of rotatable bonds is 5. The number of halogens is 2. The molecule has 0 saturated carbocycles. The Bertz CT molecular complexity index is 694. The summed E-state index contributed by atoms with van der Waals surface area (Å²) < 4.78 is 18.9. The van der Waals surface area contributed by atoms with Crippen LogP contribution in [-0.4, -0.2) is 27.4 Å². The predicted octanol–water partition coefficient (Wildman–Crippen LogP) is 1.72. The van der Waals surface area contributed by atoms with Crippen LogP contribution in [0.25, 0.3) is 0 Å². The summed E-state index contributed by atoms with van der Waals surface area (Å²) in [6.07, 6.45) is 0.417. The second-order valence-electron chi connectivity index (χ2n) is 4.95. The maximum atomic E-state index is 13.7. The third-order valence-electron chi connectivity index (χ3n) is 3.29. The van der Waals surface area contributed by atoms with Crippen LogP contribution in [0, 0.1) is 5.82 Å². The maximum Gasteiger partial charge on any atom is 0.255 e. The van der Waals surface area contributed by atoms with Gasteiger partial charge in [0.15, 0.2) is 0 Å². The molecule has 2 aromatic carbocycles. The molecule has 6 heteroatoms. The van der Waals surface area contributed by atoms with Gasteiger partial charge in [-0.3, -0.25) is 4.79 Å². The summed E-state index contributed by atoms with van der Waals surface area (Å²) in [4.78, 5) is 12.2. The summed E-state index contributed by atoms with van der Waals surface area (Å²) in [5, 5.41) is 3.20. The number of hydrogen-bond donors (Lipinski definition) is 1. The molecule has 0 aliphatic carbocycles. The number of benzene rings is 2. The molecule has 0 saturated heterocycles. The maximum absolute atomic E-state index is 13.7. The zero-order valence-corrected chi connectivity index (χ0v) is 13.2. The minimum atomic E-state index is -0.299. The molecule has 0 aromatic heterocycles. The highest BCUT2D eigenvalue weighted by molar-refractivity contribution is 6.32. The lowest BCUT2D eigenvalue weighted by Crippen LogP contribution is -2.26. The fourth-order valence-corrected chi connectivity index (χ4v) is 2.29. The fraction of sp³-hybridized carbons (Fsp3) is 0.188. The average Bonchev–Trinajstić information content (AvgIpc) is 2.49. The number of hydrogen-bond acceptors (Lipinski definition) is 2. The Morgan fingerprint density at radius 1 is 1.32 bits per heavy atom. The van der Waals surface area contributed by atoms with Crippen LogP contribution in [0.3, 0.4) is 0 Å². The first-order chi connectivity index (χ1) is 10.5. The van der Waals surface area contributed by atoms with Crippen molar-refractivity contribution in [1.82, 2.24) is 5.32 Å². The number of ether oxygens (including phenoxy) is 1. The van der Waals surface area contributed by atoms with Crippen LogP contribution >= 0.6 is 11.6 Å². The molecular weight excluding hydrogens is 303 g/mol. The lowest BCUT2D eigenvalue weighted by molar-refractivity contribution is 0.0951. The summed E-state index contributed by atoms with van der Waals surface area (Å²) >= 11 is 5.90. The van der Waals surface area contributed by atoms with Crippen LogP contribution < -0.4 is 15.5 Å². The van der Waals surface area contributed by atoms with Gasteiger partial charge in [-0.25, -0.2) is 4.39 Å². The second kappa shape index (κ2) is 7.32. The standard InChI is InChI=1S/C16H16BClFNO2/c1-22-15-5-4-12(18)9-13(15)16(21)20-7-6-10-2-3-11(17)8-14(10)19/h2-5,8-9H,6-7,17H2,1H3,(H,20,21). The minimum absolute atomic E-state index is 0.255. The van der Waals surface area contributed by atoms with Crippen molar-refractivity contribution in [2.75, 3.05) is 13.7 Å². The molecule has 1 amide bonds. The second-order valence-corrected chi connectivity index (χ2v) is 5.38. The lowest BCUT2D eigenvalue weighted by atomic mass is 9.94. The molecule has 0 unspecified atom stereocenters. The summed E-state index contributed by atoms with van der Waals surface area (Å²) in [6, 6.07) is 9.89. The summed E-state index contributed by atoms with van der Waals surface area (Å²) in [7, 11) is 3.32. The van der Waals surface area contributed by atoms with E-state index in [2.05, 4.69) is 5.32 Å². The summed E-state index contributed by atoms with van der Waals surface area (Å²) in [5.41, 5.74) is 1.80.